The van der Waals surface area contributed by atoms with Gasteiger partial charge in [-0.2, -0.15) is 17.4 Å². The molecule has 0 fully saturated rings. The second-order valence-electron chi connectivity index (χ2n) is 5.66. The zero-order valence-electron chi connectivity index (χ0n) is 11.7. The van der Waals surface area contributed by atoms with Crippen LogP contribution in [-0.2, 0) is 10.2 Å². The van der Waals surface area contributed by atoms with E-state index in [9.17, 15) is 8.42 Å². The molecule has 0 aromatic carbocycles. The summed E-state index contributed by atoms with van der Waals surface area (Å²) in [7, 11) is -1.94. The highest BCUT2D eigenvalue weighted by Gasteiger charge is 2.30. The van der Waals surface area contributed by atoms with E-state index in [4.69, 9.17) is 5.11 Å². The van der Waals surface area contributed by atoms with Gasteiger partial charge in [-0.1, -0.05) is 20.8 Å². The van der Waals surface area contributed by atoms with Gasteiger partial charge in [-0.15, -0.1) is 0 Å². The van der Waals surface area contributed by atoms with Gasteiger partial charge in [-0.3, -0.25) is 0 Å². The minimum absolute atomic E-state index is 0.0319. The largest absolute Gasteiger partial charge is 0.396 e. The standard InChI is InChI=1S/C11H26N2O3S/c1-9(2)13(6)17(15,16)12-10(7-8-14)11(3,4)5/h9-10,12,14H,7-8H2,1-6H3. The van der Waals surface area contributed by atoms with Crippen LogP contribution in [0.25, 0.3) is 0 Å². The number of rotatable bonds is 6. The predicted octanol–water partition coefficient (Wildman–Crippen LogP) is 0.958. The average Bonchev–Trinajstić information content (AvgIpc) is 2.14. The Kier molecular flexibility index (Phi) is 6.07. The van der Waals surface area contributed by atoms with Gasteiger partial charge in [0.25, 0.3) is 10.2 Å². The van der Waals surface area contributed by atoms with Crippen molar-refractivity contribution in [3.05, 3.63) is 0 Å². The molecular formula is C11H26N2O3S. The van der Waals surface area contributed by atoms with Crippen molar-refractivity contribution in [1.29, 1.82) is 0 Å². The number of hydrogen-bond acceptors (Lipinski definition) is 3. The first-order valence-corrected chi connectivity index (χ1v) is 7.32. The molecule has 0 saturated heterocycles. The predicted molar refractivity (Wildman–Crippen MR) is 69.9 cm³/mol. The molecule has 17 heavy (non-hydrogen) atoms. The molecule has 0 aliphatic rings. The van der Waals surface area contributed by atoms with E-state index >= 15 is 0 Å². The smallest absolute Gasteiger partial charge is 0.279 e. The van der Waals surface area contributed by atoms with Crippen LogP contribution >= 0.6 is 0 Å². The lowest BCUT2D eigenvalue weighted by atomic mass is 9.86. The molecule has 0 rings (SSSR count). The zero-order chi connectivity index (χ0) is 13.9. The maximum Gasteiger partial charge on any atom is 0.279 e. The van der Waals surface area contributed by atoms with Gasteiger partial charge >= 0.3 is 0 Å². The molecular weight excluding hydrogens is 240 g/mol. The summed E-state index contributed by atoms with van der Waals surface area (Å²) in [4.78, 5) is 0. The number of aliphatic hydroxyl groups excluding tert-OH is 1. The van der Waals surface area contributed by atoms with E-state index in [2.05, 4.69) is 4.72 Å². The van der Waals surface area contributed by atoms with Gasteiger partial charge in [0.2, 0.25) is 0 Å². The molecule has 0 bridgehead atoms. The van der Waals surface area contributed by atoms with Crippen LogP contribution in [0.1, 0.15) is 41.0 Å². The molecule has 0 heterocycles. The topological polar surface area (TPSA) is 69.6 Å². The monoisotopic (exact) mass is 266 g/mol. The van der Waals surface area contributed by atoms with E-state index in [1.165, 1.54) is 4.31 Å². The molecule has 0 aromatic heterocycles. The summed E-state index contributed by atoms with van der Waals surface area (Å²) in [6.07, 6.45) is 0.411. The Hall–Kier alpha value is -0.170. The molecule has 0 spiro atoms. The van der Waals surface area contributed by atoms with E-state index in [1.54, 1.807) is 7.05 Å². The van der Waals surface area contributed by atoms with Gasteiger partial charge < -0.3 is 5.11 Å². The summed E-state index contributed by atoms with van der Waals surface area (Å²) >= 11 is 0. The maximum atomic E-state index is 12.0. The average molecular weight is 266 g/mol. The van der Waals surface area contributed by atoms with E-state index in [0.29, 0.717) is 6.42 Å². The highest BCUT2D eigenvalue weighted by atomic mass is 32.2. The lowest BCUT2D eigenvalue weighted by Gasteiger charge is -2.33. The molecule has 2 N–H and O–H groups in total. The number of hydrogen-bond donors (Lipinski definition) is 2. The van der Waals surface area contributed by atoms with Crippen molar-refractivity contribution in [2.24, 2.45) is 5.41 Å². The van der Waals surface area contributed by atoms with Gasteiger partial charge in [0.15, 0.2) is 0 Å². The van der Waals surface area contributed by atoms with E-state index in [0.717, 1.165) is 0 Å². The summed E-state index contributed by atoms with van der Waals surface area (Å²) in [6.45, 7) is 9.45. The van der Waals surface area contributed by atoms with E-state index in [-0.39, 0.29) is 24.1 Å². The first kappa shape index (κ1) is 16.8. The fraction of sp³-hybridized carbons (Fsp3) is 1.00. The highest BCUT2D eigenvalue weighted by molar-refractivity contribution is 7.87. The van der Waals surface area contributed by atoms with Gasteiger partial charge in [0, 0.05) is 25.7 Å². The molecule has 0 aromatic rings. The second kappa shape index (κ2) is 6.13. The molecule has 0 aliphatic heterocycles. The fourth-order valence-electron chi connectivity index (χ4n) is 1.34. The Morgan fingerprint density at radius 3 is 2.06 bits per heavy atom. The molecule has 0 aliphatic carbocycles. The molecule has 5 nitrogen and oxygen atoms in total. The molecule has 1 unspecified atom stereocenters. The fourth-order valence-corrected chi connectivity index (χ4v) is 2.89. The molecule has 6 heteroatoms. The first-order chi connectivity index (χ1) is 7.52. The van der Waals surface area contributed by atoms with Crippen LogP contribution in [0.15, 0.2) is 0 Å². The first-order valence-electron chi connectivity index (χ1n) is 5.88. The minimum Gasteiger partial charge on any atom is -0.396 e. The van der Waals surface area contributed by atoms with E-state index in [1.807, 2.05) is 34.6 Å². The van der Waals surface area contributed by atoms with Crippen LogP contribution in [0.4, 0.5) is 0 Å². The highest BCUT2D eigenvalue weighted by Crippen LogP contribution is 2.22. The van der Waals surface area contributed by atoms with Crippen LogP contribution in [-0.4, -0.2) is 43.6 Å². The maximum absolute atomic E-state index is 12.0. The lowest BCUT2D eigenvalue weighted by Crippen LogP contribution is -2.50. The molecule has 0 saturated carbocycles. The van der Waals surface area contributed by atoms with Crippen LogP contribution < -0.4 is 4.72 Å². The van der Waals surface area contributed by atoms with Crippen molar-refractivity contribution in [1.82, 2.24) is 9.03 Å². The SMILES string of the molecule is CC(C)N(C)S(=O)(=O)NC(CCO)C(C)(C)C. The van der Waals surface area contributed by atoms with Gasteiger partial charge in [-0.25, -0.2) is 0 Å². The van der Waals surface area contributed by atoms with Crippen LogP contribution in [0.5, 0.6) is 0 Å². The molecule has 0 radical (unpaired) electrons. The third kappa shape index (κ3) is 5.33. The normalized spacial score (nSPS) is 15.6. The van der Waals surface area contributed by atoms with Crippen molar-refractivity contribution in [2.45, 2.75) is 53.1 Å². The second-order valence-corrected chi connectivity index (χ2v) is 7.43. The van der Waals surface area contributed by atoms with Crippen molar-refractivity contribution in [3.8, 4) is 0 Å². The molecule has 0 amide bonds. The number of aliphatic hydroxyl groups is 1. The Morgan fingerprint density at radius 1 is 1.29 bits per heavy atom. The minimum atomic E-state index is -3.49. The Balaban J connectivity index is 4.89. The Bertz CT molecular complexity index is 320. The molecule has 1 atom stereocenters. The number of nitrogens with zero attached hydrogens (tertiary/aromatic N) is 1. The summed E-state index contributed by atoms with van der Waals surface area (Å²) in [5.74, 6) is 0. The quantitative estimate of drug-likeness (QED) is 0.752. The summed E-state index contributed by atoms with van der Waals surface area (Å²) in [5, 5.41) is 9.00. The Labute approximate surface area is 105 Å². The van der Waals surface area contributed by atoms with Crippen molar-refractivity contribution >= 4 is 10.2 Å². The summed E-state index contributed by atoms with van der Waals surface area (Å²) in [5.41, 5.74) is -0.229. The van der Waals surface area contributed by atoms with Gasteiger partial charge in [-0.05, 0) is 25.7 Å². The van der Waals surface area contributed by atoms with Crippen molar-refractivity contribution in [3.63, 3.8) is 0 Å². The van der Waals surface area contributed by atoms with Crippen molar-refractivity contribution in [2.75, 3.05) is 13.7 Å². The third-order valence-electron chi connectivity index (χ3n) is 2.86. The number of nitrogens with one attached hydrogen (secondary N) is 1. The third-order valence-corrected chi connectivity index (χ3v) is 4.62. The van der Waals surface area contributed by atoms with Crippen LogP contribution in [0.2, 0.25) is 0 Å². The summed E-state index contributed by atoms with van der Waals surface area (Å²) < 4.78 is 28.0. The van der Waals surface area contributed by atoms with Crippen LogP contribution in [0.3, 0.4) is 0 Å². The van der Waals surface area contributed by atoms with Gasteiger partial charge in [0.1, 0.15) is 0 Å². The van der Waals surface area contributed by atoms with E-state index < -0.39 is 10.2 Å². The van der Waals surface area contributed by atoms with Gasteiger partial charge in [0.05, 0.1) is 0 Å². The lowest BCUT2D eigenvalue weighted by molar-refractivity contribution is 0.212. The summed E-state index contributed by atoms with van der Waals surface area (Å²) in [6, 6.07) is -0.374. The van der Waals surface area contributed by atoms with Crippen LogP contribution in [0, 0.1) is 5.41 Å². The van der Waals surface area contributed by atoms with Crippen molar-refractivity contribution < 1.29 is 13.5 Å². The zero-order valence-corrected chi connectivity index (χ0v) is 12.5. The molecule has 104 valence electrons. The Morgan fingerprint density at radius 2 is 1.76 bits per heavy atom.